The molecule has 0 spiro atoms. The van der Waals surface area contributed by atoms with Gasteiger partial charge in [-0.1, -0.05) is 48.2 Å². The molecule has 6 heteroatoms. The van der Waals surface area contributed by atoms with Crippen LogP contribution in [0, 0.1) is 27.7 Å². The van der Waals surface area contributed by atoms with Crippen molar-refractivity contribution in [1.29, 1.82) is 0 Å². The number of aromatic nitrogens is 1. The molecular weight excluding hydrogens is 382 g/mol. The summed E-state index contributed by atoms with van der Waals surface area (Å²) >= 11 is 1.37. The van der Waals surface area contributed by atoms with Gasteiger partial charge in [0.15, 0.2) is 0 Å². The van der Waals surface area contributed by atoms with E-state index in [9.17, 15) is 9.59 Å². The van der Waals surface area contributed by atoms with Gasteiger partial charge in [-0.25, -0.2) is 4.98 Å². The van der Waals surface area contributed by atoms with Crippen LogP contribution in [-0.4, -0.2) is 29.1 Å². The number of para-hydroxylation sites is 2. The van der Waals surface area contributed by atoms with Crippen LogP contribution >= 0.6 is 11.8 Å². The van der Waals surface area contributed by atoms with Crippen molar-refractivity contribution >= 4 is 40.2 Å². The van der Waals surface area contributed by atoms with E-state index in [1.54, 1.807) is 0 Å². The number of amides is 2. The highest BCUT2D eigenvalue weighted by Gasteiger charge is 2.11. The standard InChI is InChI=1S/C23H25N3O2S/c1-14-7-5-8-15(2)22(14)25-19(27)12-24-20(28)13-29-21-11-17(4)18-10-6-9-16(3)23(18)26-21/h5-11H,12-13H2,1-4H3,(H,24,28)(H,25,27). The van der Waals surface area contributed by atoms with Crippen molar-refractivity contribution in [2.75, 3.05) is 17.6 Å². The lowest BCUT2D eigenvalue weighted by Crippen LogP contribution is -2.34. The first-order valence-electron chi connectivity index (χ1n) is 9.47. The smallest absolute Gasteiger partial charge is 0.243 e. The zero-order valence-corrected chi connectivity index (χ0v) is 17.9. The van der Waals surface area contributed by atoms with E-state index >= 15 is 0 Å². The third kappa shape index (κ3) is 5.15. The fourth-order valence-corrected chi connectivity index (χ4v) is 3.97. The Balaban J connectivity index is 1.54. The number of nitrogens with zero attached hydrogens (tertiary/aromatic N) is 1. The van der Waals surface area contributed by atoms with E-state index in [1.807, 2.05) is 64.1 Å². The molecule has 0 radical (unpaired) electrons. The lowest BCUT2D eigenvalue weighted by molar-refractivity contribution is -0.122. The van der Waals surface area contributed by atoms with Crippen molar-refractivity contribution in [3.05, 3.63) is 64.7 Å². The van der Waals surface area contributed by atoms with Crippen LogP contribution in [-0.2, 0) is 9.59 Å². The summed E-state index contributed by atoms with van der Waals surface area (Å²) in [5.74, 6) is -0.229. The van der Waals surface area contributed by atoms with Crippen molar-refractivity contribution in [3.63, 3.8) is 0 Å². The van der Waals surface area contributed by atoms with E-state index in [4.69, 9.17) is 0 Å². The van der Waals surface area contributed by atoms with E-state index in [1.165, 1.54) is 11.8 Å². The highest BCUT2D eigenvalue weighted by atomic mass is 32.2. The summed E-state index contributed by atoms with van der Waals surface area (Å²) in [5.41, 5.74) is 5.99. The zero-order valence-electron chi connectivity index (χ0n) is 17.1. The molecule has 0 aliphatic heterocycles. The molecule has 0 atom stereocenters. The number of hydrogen-bond donors (Lipinski definition) is 2. The number of carbonyl (C=O) groups is 2. The third-order valence-electron chi connectivity index (χ3n) is 4.77. The number of aryl methyl sites for hydroxylation is 4. The topological polar surface area (TPSA) is 71.1 Å². The average molecular weight is 408 g/mol. The Morgan fingerprint density at radius 1 is 0.897 bits per heavy atom. The molecule has 3 aromatic rings. The number of hydrogen-bond acceptors (Lipinski definition) is 4. The molecule has 2 N–H and O–H groups in total. The van der Waals surface area contributed by atoms with Gasteiger partial charge in [-0.05, 0) is 56.0 Å². The zero-order chi connectivity index (χ0) is 21.0. The predicted molar refractivity (Wildman–Crippen MR) is 119 cm³/mol. The highest BCUT2D eigenvalue weighted by Crippen LogP contribution is 2.25. The number of benzene rings is 2. The molecule has 0 fully saturated rings. The maximum atomic E-state index is 12.2. The SMILES string of the molecule is Cc1cccc(C)c1NC(=O)CNC(=O)CSc1cc(C)c2cccc(C)c2n1. The molecule has 0 bridgehead atoms. The molecule has 3 rings (SSSR count). The summed E-state index contributed by atoms with van der Waals surface area (Å²) in [4.78, 5) is 29.0. The summed E-state index contributed by atoms with van der Waals surface area (Å²) in [5, 5.41) is 7.48. The van der Waals surface area contributed by atoms with Gasteiger partial charge in [0.1, 0.15) is 0 Å². The van der Waals surface area contributed by atoms with Crippen molar-refractivity contribution in [2.24, 2.45) is 0 Å². The Bertz CT molecular complexity index is 1060. The van der Waals surface area contributed by atoms with Crippen LogP contribution in [0.1, 0.15) is 22.3 Å². The lowest BCUT2D eigenvalue weighted by atomic mass is 10.1. The first kappa shape index (κ1) is 20.9. The van der Waals surface area contributed by atoms with Gasteiger partial charge in [-0.3, -0.25) is 9.59 Å². The van der Waals surface area contributed by atoms with Crippen LogP contribution in [0.5, 0.6) is 0 Å². The first-order chi connectivity index (χ1) is 13.8. The second-order valence-electron chi connectivity index (χ2n) is 7.13. The molecule has 2 amide bonds. The molecule has 5 nitrogen and oxygen atoms in total. The van der Waals surface area contributed by atoms with E-state index in [2.05, 4.69) is 21.7 Å². The van der Waals surface area contributed by atoms with Gasteiger partial charge in [-0.15, -0.1) is 0 Å². The number of carbonyl (C=O) groups excluding carboxylic acids is 2. The Kier molecular flexibility index (Phi) is 6.54. The predicted octanol–water partition coefficient (Wildman–Crippen LogP) is 4.32. The van der Waals surface area contributed by atoms with Gasteiger partial charge in [0.05, 0.1) is 22.8 Å². The summed E-state index contributed by atoms with van der Waals surface area (Å²) < 4.78 is 0. The van der Waals surface area contributed by atoms with Gasteiger partial charge >= 0.3 is 0 Å². The second kappa shape index (κ2) is 9.09. The van der Waals surface area contributed by atoms with Crippen LogP contribution in [0.4, 0.5) is 5.69 Å². The van der Waals surface area contributed by atoms with Crippen LogP contribution < -0.4 is 10.6 Å². The molecule has 0 aliphatic rings. The Labute approximate surface area is 175 Å². The summed E-state index contributed by atoms with van der Waals surface area (Å²) in [6, 6.07) is 13.9. The minimum Gasteiger partial charge on any atom is -0.346 e. The molecule has 1 aromatic heterocycles. The van der Waals surface area contributed by atoms with Gasteiger partial charge in [0.25, 0.3) is 0 Å². The number of fused-ring (bicyclic) bond motifs is 1. The van der Waals surface area contributed by atoms with Crippen LogP contribution in [0.25, 0.3) is 10.9 Å². The minimum atomic E-state index is -0.240. The van der Waals surface area contributed by atoms with Gasteiger partial charge in [0, 0.05) is 11.1 Å². The fourth-order valence-electron chi connectivity index (χ4n) is 3.17. The molecular formula is C23H25N3O2S. The Morgan fingerprint density at radius 3 is 2.28 bits per heavy atom. The monoisotopic (exact) mass is 407 g/mol. The quantitative estimate of drug-likeness (QED) is 0.597. The molecule has 0 aliphatic carbocycles. The highest BCUT2D eigenvalue weighted by molar-refractivity contribution is 7.99. The van der Waals surface area contributed by atoms with E-state index in [0.717, 1.165) is 43.9 Å². The summed E-state index contributed by atoms with van der Waals surface area (Å²) in [6.45, 7) is 7.91. The van der Waals surface area contributed by atoms with Gasteiger partial charge in [0.2, 0.25) is 11.8 Å². The minimum absolute atomic E-state index is 0.0591. The van der Waals surface area contributed by atoms with Gasteiger partial charge < -0.3 is 10.6 Å². The van der Waals surface area contributed by atoms with Crippen LogP contribution in [0.3, 0.4) is 0 Å². The first-order valence-corrected chi connectivity index (χ1v) is 10.5. The molecule has 150 valence electrons. The van der Waals surface area contributed by atoms with Crippen molar-refractivity contribution in [1.82, 2.24) is 10.3 Å². The average Bonchev–Trinajstić information content (AvgIpc) is 2.68. The molecule has 0 saturated heterocycles. The lowest BCUT2D eigenvalue weighted by Gasteiger charge is -2.12. The number of anilines is 1. The number of pyridine rings is 1. The van der Waals surface area contributed by atoms with Gasteiger partial charge in [-0.2, -0.15) is 0 Å². The molecule has 29 heavy (non-hydrogen) atoms. The number of nitrogens with one attached hydrogen (secondary N) is 2. The third-order valence-corrected chi connectivity index (χ3v) is 5.68. The largest absolute Gasteiger partial charge is 0.346 e. The normalized spacial score (nSPS) is 10.8. The van der Waals surface area contributed by atoms with Crippen molar-refractivity contribution in [3.8, 4) is 0 Å². The van der Waals surface area contributed by atoms with Crippen LogP contribution in [0.15, 0.2) is 47.5 Å². The van der Waals surface area contributed by atoms with Crippen molar-refractivity contribution in [2.45, 2.75) is 32.7 Å². The fraction of sp³-hybridized carbons (Fsp3) is 0.261. The Hall–Kier alpha value is -2.86. The molecule has 0 unspecified atom stereocenters. The molecule has 0 saturated carbocycles. The number of rotatable bonds is 6. The number of thioether (sulfide) groups is 1. The van der Waals surface area contributed by atoms with Crippen molar-refractivity contribution < 1.29 is 9.59 Å². The molecule has 1 heterocycles. The summed E-state index contributed by atoms with van der Waals surface area (Å²) in [7, 11) is 0. The van der Waals surface area contributed by atoms with E-state index in [0.29, 0.717) is 0 Å². The summed E-state index contributed by atoms with van der Waals surface area (Å²) in [6.07, 6.45) is 0. The van der Waals surface area contributed by atoms with Crippen LogP contribution in [0.2, 0.25) is 0 Å². The van der Waals surface area contributed by atoms with E-state index < -0.39 is 0 Å². The Morgan fingerprint density at radius 2 is 1.55 bits per heavy atom. The molecule has 2 aromatic carbocycles. The maximum Gasteiger partial charge on any atom is 0.243 e. The second-order valence-corrected chi connectivity index (χ2v) is 8.12. The maximum absolute atomic E-state index is 12.2. The van der Waals surface area contributed by atoms with E-state index in [-0.39, 0.29) is 24.1 Å².